The molecule has 3 aliphatic rings. The monoisotopic (exact) mass is 364 g/mol. The highest BCUT2D eigenvalue weighted by atomic mass is 19.2. The third-order valence-corrected chi connectivity index (χ3v) is 5.23. The lowest BCUT2D eigenvalue weighted by Gasteiger charge is -2.39. The molecule has 0 aliphatic carbocycles. The number of halogens is 2. The molecule has 2 fully saturated rings. The summed E-state index contributed by atoms with van der Waals surface area (Å²) in [7, 11) is 0. The van der Waals surface area contributed by atoms with E-state index in [9.17, 15) is 23.2 Å². The van der Waals surface area contributed by atoms with Crippen molar-refractivity contribution in [3.8, 4) is 0 Å². The van der Waals surface area contributed by atoms with E-state index in [1.807, 2.05) is 4.90 Å². The minimum Gasteiger partial charge on any atom is -0.364 e. The molecule has 2 atom stereocenters. The predicted octanol–water partition coefficient (Wildman–Crippen LogP) is 0.526. The lowest BCUT2D eigenvalue weighted by Crippen LogP contribution is -2.53. The molecule has 0 saturated carbocycles. The summed E-state index contributed by atoms with van der Waals surface area (Å²) < 4.78 is 27.0. The Morgan fingerprint density at radius 2 is 1.96 bits per heavy atom. The first-order chi connectivity index (χ1) is 12.4. The summed E-state index contributed by atoms with van der Waals surface area (Å²) in [5, 5.41) is 4.61. The van der Waals surface area contributed by atoms with Crippen molar-refractivity contribution >= 4 is 23.5 Å². The first-order valence-corrected chi connectivity index (χ1v) is 8.56. The Balaban J connectivity index is 1.36. The molecule has 26 heavy (non-hydrogen) atoms. The van der Waals surface area contributed by atoms with Crippen molar-refractivity contribution < 1.29 is 23.2 Å². The average Bonchev–Trinajstić information content (AvgIpc) is 3.11. The molecule has 0 spiro atoms. The topological polar surface area (TPSA) is 81.8 Å². The van der Waals surface area contributed by atoms with E-state index in [-0.39, 0.29) is 24.8 Å². The minimum absolute atomic E-state index is 0.00150. The molecule has 0 radical (unpaired) electrons. The van der Waals surface area contributed by atoms with E-state index in [0.29, 0.717) is 31.7 Å². The molecule has 2 N–H and O–H groups in total. The number of nitrogens with zero attached hydrogens (tertiary/aromatic N) is 2. The molecule has 3 aliphatic heterocycles. The average molecular weight is 364 g/mol. The molecule has 3 heterocycles. The van der Waals surface area contributed by atoms with Crippen molar-refractivity contribution in [3.63, 3.8) is 0 Å². The van der Waals surface area contributed by atoms with Gasteiger partial charge in [0.1, 0.15) is 6.04 Å². The van der Waals surface area contributed by atoms with Crippen LogP contribution in [0.5, 0.6) is 0 Å². The summed E-state index contributed by atoms with van der Waals surface area (Å²) in [6.07, 6.45) is 0.969. The number of fused-ring (bicyclic) bond motifs is 3. The molecule has 4 rings (SSSR count). The summed E-state index contributed by atoms with van der Waals surface area (Å²) in [4.78, 5) is 38.8. The lowest BCUT2D eigenvalue weighted by atomic mass is 10.1. The van der Waals surface area contributed by atoms with E-state index in [2.05, 4.69) is 10.6 Å². The third-order valence-electron chi connectivity index (χ3n) is 5.23. The molecule has 2 saturated heterocycles. The van der Waals surface area contributed by atoms with Gasteiger partial charge in [0.2, 0.25) is 5.91 Å². The van der Waals surface area contributed by atoms with E-state index >= 15 is 0 Å². The summed E-state index contributed by atoms with van der Waals surface area (Å²) in [5.74, 6) is -2.22. The van der Waals surface area contributed by atoms with Crippen molar-refractivity contribution in [1.29, 1.82) is 0 Å². The van der Waals surface area contributed by atoms with Gasteiger partial charge in [-0.2, -0.15) is 0 Å². The van der Waals surface area contributed by atoms with E-state index in [0.717, 1.165) is 5.56 Å². The molecule has 1 aromatic carbocycles. The fraction of sp³-hybridized carbons (Fsp3) is 0.471. The SMILES string of the molecule is O=C1NC(=O)C(CCC(=O)N2CCN3c4cc(F)c(F)cc4CC3C2)N1. The second-order valence-electron chi connectivity index (χ2n) is 6.84. The Bertz CT molecular complexity index is 800. The largest absolute Gasteiger partial charge is 0.364 e. The van der Waals surface area contributed by atoms with Crippen LogP contribution in [0.2, 0.25) is 0 Å². The van der Waals surface area contributed by atoms with Gasteiger partial charge in [-0.05, 0) is 24.5 Å². The number of rotatable bonds is 3. The summed E-state index contributed by atoms with van der Waals surface area (Å²) >= 11 is 0. The van der Waals surface area contributed by atoms with Crippen LogP contribution in [-0.4, -0.2) is 54.5 Å². The number of imide groups is 1. The number of benzene rings is 1. The Morgan fingerprint density at radius 1 is 1.19 bits per heavy atom. The second kappa shape index (κ2) is 6.22. The molecular weight excluding hydrogens is 346 g/mol. The number of anilines is 1. The molecule has 4 amide bonds. The van der Waals surface area contributed by atoms with Crippen LogP contribution in [0, 0.1) is 11.6 Å². The highest BCUT2D eigenvalue weighted by Crippen LogP contribution is 2.35. The number of amides is 4. The van der Waals surface area contributed by atoms with Crippen molar-refractivity contribution in [2.75, 3.05) is 24.5 Å². The first kappa shape index (κ1) is 16.7. The van der Waals surface area contributed by atoms with Crippen LogP contribution in [0.25, 0.3) is 0 Å². The molecule has 0 aromatic heterocycles. The van der Waals surface area contributed by atoms with Crippen LogP contribution in [0.3, 0.4) is 0 Å². The van der Waals surface area contributed by atoms with Gasteiger partial charge in [-0.1, -0.05) is 0 Å². The number of piperazine rings is 1. The van der Waals surface area contributed by atoms with Gasteiger partial charge in [-0.25, -0.2) is 13.6 Å². The van der Waals surface area contributed by atoms with Gasteiger partial charge in [0, 0.05) is 37.8 Å². The van der Waals surface area contributed by atoms with E-state index in [1.54, 1.807) is 4.90 Å². The quantitative estimate of drug-likeness (QED) is 0.767. The number of nitrogens with one attached hydrogen (secondary N) is 2. The van der Waals surface area contributed by atoms with E-state index in [4.69, 9.17) is 0 Å². The van der Waals surface area contributed by atoms with Crippen molar-refractivity contribution in [3.05, 3.63) is 29.3 Å². The van der Waals surface area contributed by atoms with Crippen LogP contribution >= 0.6 is 0 Å². The summed E-state index contributed by atoms with van der Waals surface area (Å²) in [6.45, 7) is 1.51. The van der Waals surface area contributed by atoms with Crippen molar-refractivity contribution in [1.82, 2.24) is 15.5 Å². The van der Waals surface area contributed by atoms with Crippen LogP contribution in [0.15, 0.2) is 12.1 Å². The first-order valence-electron chi connectivity index (χ1n) is 8.56. The Hall–Kier alpha value is -2.71. The zero-order valence-corrected chi connectivity index (χ0v) is 13.9. The zero-order valence-electron chi connectivity index (χ0n) is 13.9. The molecule has 2 unspecified atom stereocenters. The normalized spacial score (nSPS) is 24.2. The lowest BCUT2D eigenvalue weighted by molar-refractivity contribution is -0.132. The highest BCUT2D eigenvalue weighted by molar-refractivity contribution is 6.04. The maximum Gasteiger partial charge on any atom is 0.322 e. The standard InChI is InChI=1S/C17H18F2N4O3/c18-11-6-9-5-10-8-22(3-4-23(10)14(9)7-12(11)19)15(24)2-1-13-16(25)21-17(26)20-13/h6-7,10,13H,1-5,8H2,(H2,20,21,25,26). The summed E-state index contributed by atoms with van der Waals surface area (Å²) in [6, 6.07) is 1.25. The highest BCUT2D eigenvalue weighted by Gasteiger charge is 2.37. The Labute approximate surface area is 148 Å². The molecule has 138 valence electrons. The van der Waals surface area contributed by atoms with Gasteiger partial charge in [0.15, 0.2) is 11.6 Å². The zero-order chi connectivity index (χ0) is 18.4. The second-order valence-corrected chi connectivity index (χ2v) is 6.84. The van der Waals surface area contributed by atoms with Gasteiger partial charge in [-0.3, -0.25) is 14.9 Å². The van der Waals surface area contributed by atoms with Crippen LogP contribution in [0.4, 0.5) is 19.3 Å². The Morgan fingerprint density at radius 3 is 2.69 bits per heavy atom. The molecule has 7 nitrogen and oxygen atoms in total. The minimum atomic E-state index is -0.861. The number of carbonyl (C=O) groups excluding carboxylic acids is 3. The van der Waals surface area contributed by atoms with E-state index < -0.39 is 29.6 Å². The predicted molar refractivity (Wildman–Crippen MR) is 87.5 cm³/mol. The molecule has 1 aromatic rings. The van der Waals surface area contributed by atoms with Crippen LogP contribution < -0.4 is 15.5 Å². The smallest absolute Gasteiger partial charge is 0.322 e. The summed E-state index contributed by atoms with van der Waals surface area (Å²) in [5.41, 5.74) is 1.46. The van der Waals surface area contributed by atoms with Gasteiger partial charge in [0.25, 0.3) is 5.91 Å². The number of urea groups is 1. The Kier molecular flexibility index (Phi) is 4.01. The van der Waals surface area contributed by atoms with Gasteiger partial charge < -0.3 is 15.1 Å². The third kappa shape index (κ3) is 2.87. The van der Waals surface area contributed by atoms with Gasteiger partial charge in [-0.15, -0.1) is 0 Å². The fourth-order valence-corrected chi connectivity index (χ4v) is 3.92. The van der Waals surface area contributed by atoms with Gasteiger partial charge >= 0.3 is 6.03 Å². The maximum atomic E-state index is 13.5. The van der Waals surface area contributed by atoms with Crippen molar-refractivity contribution in [2.24, 2.45) is 0 Å². The number of hydrogen-bond acceptors (Lipinski definition) is 4. The number of hydrogen-bond donors (Lipinski definition) is 2. The number of carbonyl (C=O) groups is 3. The maximum absolute atomic E-state index is 13.5. The van der Waals surface area contributed by atoms with E-state index in [1.165, 1.54) is 12.1 Å². The van der Waals surface area contributed by atoms with Crippen LogP contribution in [0.1, 0.15) is 18.4 Å². The van der Waals surface area contributed by atoms with Crippen molar-refractivity contribution in [2.45, 2.75) is 31.3 Å². The fourth-order valence-electron chi connectivity index (χ4n) is 3.92. The van der Waals surface area contributed by atoms with Crippen LogP contribution in [-0.2, 0) is 16.0 Å². The molecular formula is C17H18F2N4O3. The van der Waals surface area contributed by atoms with Gasteiger partial charge in [0.05, 0.1) is 6.04 Å². The molecule has 0 bridgehead atoms. The molecule has 9 heteroatoms.